The van der Waals surface area contributed by atoms with Crippen LogP contribution in [0.1, 0.15) is 19.4 Å². The first-order chi connectivity index (χ1) is 8.56. The number of nitrogens with zero attached hydrogens (tertiary/aromatic N) is 1. The van der Waals surface area contributed by atoms with Gasteiger partial charge in [0.05, 0.1) is 5.69 Å². The van der Waals surface area contributed by atoms with Crippen molar-refractivity contribution in [3.63, 3.8) is 0 Å². The number of benzene rings is 1. The Morgan fingerprint density at radius 3 is 2.61 bits per heavy atom. The molecule has 0 saturated carbocycles. The number of hydrogen-bond acceptors (Lipinski definition) is 2. The number of rotatable bonds is 3. The standard InChI is InChI=1S/C15H16ClNO/c1-10(2)7-11-8-13(17-15(16)9-11)12-5-3-4-6-14(12)18/h3-6,8-10,18H,7H2,1-2H3. The zero-order valence-corrected chi connectivity index (χ0v) is 11.3. The molecule has 2 nitrogen and oxygen atoms in total. The van der Waals surface area contributed by atoms with Crippen LogP contribution in [-0.2, 0) is 6.42 Å². The van der Waals surface area contributed by atoms with Crippen molar-refractivity contribution in [1.82, 2.24) is 4.98 Å². The molecule has 18 heavy (non-hydrogen) atoms. The van der Waals surface area contributed by atoms with E-state index < -0.39 is 0 Å². The van der Waals surface area contributed by atoms with Crippen molar-refractivity contribution in [3.8, 4) is 17.0 Å². The fourth-order valence-corrected chi connectivity index (χ4v) is 2.20. The first-order valence-corrected chi connectivity index (χ1v) is 6.39. The molecule has 0 radical (unpaired) electrons. The largest absolute Gasteiger partial charge is 0.507 e. The van der Waals surface area contributed by atoms with Gasteiger partial charge < -0.3 is 5.11 Å². The fourth-order valence-electron chi connectivity index (χ4n) is 1.97. The molecule has 0 aliphatic heterocycles. The molecule has 0 spiro atoms. The Bertz CT molecular complexity index is 552. The summed E-state index contributed by atoms with van der Waals surface area (Å²) in [4.78, 5) is 4.28. The van der Waals surface area contributed by atoms with Crippen LogP contribution in [0.5, 0.6) is 5.75 Å². The minimum absolute atomic E-state index is 0.225. The smallest absolute Gasteiger partial charge is 0.130 e. The van der Waals surface area contributed by atoms with Crippen LogP contribution in [0, 0.1) is 5.92 Å². The molecule has 0 bridgehead atoms. The Kier molecular flexibility index (Phi) is 3.87. The summed E-state index contributed by atoms with van der Waals surface area (Å²) in [7, 11) is 0. The third kappa shape index (κ3) is 3.02. The number of halogens is 1. The zero-order chi connectivity index (χ0) is 13.1. The number of para-hydroxylation sites is 1. The average molecular weight is 262 g/mol. The predicted octanol–water partition coefficient (Wildman–Crippen LogP) is 4.31. The molecule has 0 amide bonds. The van der Waals surface area contributed by atoms with Crippen LogP contribution in [-0.4, -0.2) is 10.1 Å². The Labute approximate surface area is 112 Å². The molecule has 0 fully saturated rings. The van der Waals surface area contributed by atoms with Gasteiger partial charge in [-0.25, -0.2) is 4.98 Å². The first-order valence-electron chi connectivity index (χ1n) is 6.01. The van der Waals surface area contributed by atoms with Crippen LogP contribution in [0.2, 0.25) is 5.15 Å². The summed E-state index contributed by atoms with van der Waals surface area (Å²) >= 11 is 6.04. The highest BCUT2D eigenvalue weighted by Gasteiger charge is 2.08. The molecule has 0 atom stereocenters. The minimum atomic E-state index is 0.225. The normalized spacial score (nSPS) is 10.9. The minimum Gasteiger partial charge on any atom is -0.507 e. The fraction of sp³-hybridized carbons (Fsp3) is 0.267. The molecule has 1 heterocycles. The third-order valence-corrected chi connectivity index (χ3v) is 2.87. The number of pyridine rings is 1. The molecule has 1 N–H and O–H groups in total. The Morgan fingerprint density at radius 2 is 1.94 bits per heavy atom. The molecule has 2 rings (SSSR count). The van der Waals surface area contributed by atoms with Crippen LogP contribution in [0.25, 0.3) is 11.3 Å². The topological polar surface area (TPSA) is 33.1 Å². The van der Waals surface area contributed by atoms with E-state index >= 15 is 0 Å². The van der Waals surface area contributed by atoms with Crippen molar-refractivity contribution in [3.05, 3.63) is 47.1 Å². The van der Waals surface area contributed by atoms with Crippen LogP contribution in [0.3, 0.4) is 0 Å². The molecular weight excluding hydrogens is 246 g/mol. The second kappa shape index (κ2) is 5.40. The van der Waals surface area contributed by atoms with Crippen LogP contribution in [0.4, 0.5) is 0 Å². The second-order valence-corrected chi connectivity index (χ2v) is 5.19. The van der Waals surface area contributed by atoms with E-state index in [1.165, 1.54) is 0 Å². The molecule has 1 aromatic carbocycles. The van der Waals surface area contributed by atoms with E-state index in [0.29, 0.717) is 16.6 Å². The van der Waals surface area contributed by atoms with Crippen LogP contribution >= 0.6 is 11.6 Å². The van der Waals surface area contributed by atoms with Gasteiger partial charge in [0.1, 0.15) is 10.9 Å². The van der Waals surface area contributed by atoms with Gasteiger partial charge >= 0.3 is 0 Å². The van der Waals surface area contributed by atoms with Crippen molar-refractivity contribution >= 4 is 11.6 Å². The number of phenolic OH excluding ortho intramolecular Hbond substituents is 1. The van der Waals surface area contributed by atoms with Crippen molar-refractivity contribution in [1.29, 1.82) is 0 Å². The number of aromatic hydroxyl groups is 1. The van der Waals surface area contributed by atoms with Gasteiger partial charge in [-0.15, -0.1) is 0 Å². The van der Waals surface area contributed by atoms with Gasteiger partial charge in [0.15, 0.2) is 0 Å². The maximum absolute atomic E-state index is 9.84. The summed E-state index contributed by atoms with van der Waals surface area (Å²) in [6.45, 7) is 4.32. The SMILES string of the molecule is CC(C)Cc1cc(Cl)nc(-c2ccccc2O)c1. The van der Waals surface area contributed by atoms with Gasteiger partial charge in [0, 0.05) is 5.56 Å². The Morgan fingerprint density at radius 1 is 1.22 bits per heavy atom. The first kappa shape index (κ1) is 12.9. The lowest BCUT2D eigenvalue weighted by Crippen LogP contribution is -1.96. The molecule has 0 saturated heterocycles. The summed E-state index contributed by atoms with van der Waals surface area (Å²) in [5.74, 6) is 0.781. The predicted molar refractivity (Wildman–Crippen MR) is 74.9 cm³/mol. The van der Waals surface area contributed by atoms with Gasteiger partial charge in [-0.1, -0.05) is 37.6 Å². The van der Waals surface area contributed by atoms with Gasteiger partial charge in [-0.05, 0) is 42.2 Å². The summed E-state index contributed by atoms with van der Waals surface area (Å²) in [6.07, 6.45) is 0.947. The van der Waals surface area contributed by atoms with E-state index in [4.69, 9.17) is 11.6 Å². The second-order valence-electron chi connectivity index (χ2n) is 4.80. The monoisotopic (exact) mass is 261 g/mol. The van der Waals surface area contributed by atoms with Crippen LogP contribution in [0.15, 0.2) is 36.4 Å². The van der Waals surface area contributed by atoms with Crippen LogP contribution < -0.4 is 0 Å². The zero-order valence-electron chi connectivity index (χ0n) is 10.5. The van der Waals surface area contributed by atoms with E-state index in [1.807, 2.05) is 24.3 Å². The van der Waals surface area contributed by atoms with E-state index in [-0.39, 0.29) is 5.75 Å². The van der Waals surface area contributed by atoms with Gasteiger partial charge in [0.25, 0.3) is 0 Å². The maximum Gasteiger partial charge on any atom is 0.130 e. The number of hydrogen-bond donors (Lipinski definition) is 1. The molecule has 3 heteroatoms. The van der Waals surface area contributed by atoms with E-state index in [9.17, 15) is 5.11 Å². The summed E-state index contributed by atoms with van der Waals surface area (Å²) in [6, 6.07) is 11.0. The summed E-state index contributed by atoms with van der Waals surface area (Å²) in [5, 5.41) is 10.3. The van der Waals surface area contributed by atoms with Gasteiger partial charge in [0.2, 0.25) is 0 Å². The highest BCUT2D eigenvalue weighted by Crippen LogP contribution is 2.29. The van der Waals surface area contributed by atoms with Crippen molar-refractivity contribution in [2.75, 3.05) is 0 Å². The van der Waals surface area contributed by atoms with E-state index in [1.54, 1.807) is 12.1 Å². The lowest BCUT2D eigenvalue weighted by Gasteiger charge is -2.09. The molecule has 0 unspecified atom stereocenters. The molecule has 0 aliphatic carbocycles. The number of aromatic nitrogens is 1. The summed E-state index contributed by atoms with van der Waals surface area (Å²) < 4.78 is 0. The average Bonchev–Trinajstić information content (AvgIpc) is 2.27. The molecular formula is C15H16ClNO. The number of phenols is 1. The lowest BCUT2D eigenvalue weighted by atomic mass is 10.0. The molecule has 94 valence electrons. The maximum atomic E-state index is 9.84. The summed E-state index contributed by atoms with van der Waals surface area (Å²) in [5.41, 5.74) is 2.57. The van der Waals surface area contributed by atoms with Crippen molar-refractivity contribution in [2.45, 2.75) is 20.3 Å². The van der Waals surface area contributed by atoms with E-state index in [0.717, 1.165) is 17.7 Å². The van der Waals surface area contributed by atoms with Gasteiger partial charge in [-0.3, -0.25) is 0 Å². The Hall–Kier alpha value is -1.54. The molecule has 0 aliphatic rings. The van der Waals surface area contributed by atoms with Crippen molar-refractivity contribution < 1.29 is 5.11 Å². The van der Waals surface area contributed by atoms with Gasteiger partial charge in [-0.2, -0.15) is 0 Å². The molecule has 1 aromatic heterocycles. The third-order valence-electron chi connectivity index (χ3n) is 2.68. The highest BCUT2D eigenvalue weighted by molar-refractivity contribution is 6.29. The lowest BCUT2D eigenvalue weighted by molar-refractivity contribution is 0.477. The Balaban J connectivity index is 2.45. The van der Waals surface area contributed by atoms with Crippen molar-refractivity contribution in [2.24, 2.45) is 5.92 Å². The molecule has 2 aromatic rings. The van der Waals surface area contributed by atoms with E-state index in [2.05, 4.69) is 18.8 Å². The highest BCUT2D eigenvalue weighted by atomic mass is 35.5. The quantitative estimate of drug-likeness (QED) is 0.836.